The summed E-state index contributed by atoms with van der Waals surface area (Å²) in [5, 5.41) is 6.16. The Morgan fingerprint density at radius 2 is 1.77 bits per heavy atom. The van der Waals surface area contributed by atoms with E-state index in [2.05, 4.69) is 15.6 Å². The minimum absolute atomic E-state index is 0.319. The highest BCUT2D eigenvalue weighted by Gasteiger charge is 2.30. The molecule has 0 radical (unpaired) electrons. The number of hydrogen-bond donors (Lipinski definition) is 2. The molecule has 31 heavy (non-hydrogen) atoms. The Morgan fingerprint density at radius 3 is 2.42 bits per heavy atom. The summed E-state index contributed by atoms with van der Waals surface area (Å²) < 4.78 is 11.2. The minimum atomic E-state index is -1.14. The number of benzene rings is 2. The molecule has 0 unspecified atom stereocenters. The number of methoxy groups -OCH3 is 1. The van der Waals surface area contributed by atoms with Crippen molar-refractivity contribution in [2.24, 2.45) is 0 Å². The number of halogens is 1. The quantitative estimate of drug-likeness (QED) is 0.552. The normalized spacial score (nSPS) is 10.8. The first-order valence-corrected chi connectivity index (χ1v) is 9.82. The molecule has 1 aromatic heterocycles. The van der Waals surface area contributed by atoms with Crippen molar-refractivity contribution in [3.63, 3.8) is 0 Å². The molecule has 0 bridgehead atoms. The number of pyridine rings is 1. The SMILES string of the molecule is COc1cc(NC(=O)C(C)(C)Oc2ccc(Cl)cc2)ccc1NC(=O)c1cccnc1. The van der Waals surface area contributed by atoms with Crippen molar-refractivity contribution in [1.29, 1.82) is 0 Å². The summed E-state index contributed by atoms with van der Waals surface area (Å²) >= 11 is 5.88. The predicted molar refractivity (Wildman–Crippen MR) is 120 cm³/mol. The Kier molecular flexibility index (Phi) is 6.77. The fraction of sp³-hybridized carbons (Fsp3) is 0.174. The third-order valence-corrected chi connectivity index (χ3v) is 4.62. The molecule has 0 fully saturated rings. The van der Waals surface area contributed by atoms with Gasteiger partial charge in [-0.2, -0.15) is 0 Å². The van der Waals surface area contributed by atoms with Gasteiger partial charge in [-0.3, -0.25) is 14.6 Å². The van der Waals surface area contributed by atoms with E-state index in [1.807, 2.05) is 0 Å². The maximum absolute atomic E-state index is 12.8. The Balaban J connectivity index is 1.70. The Hall–Kier alpha value is -3.58. The summed E-state index contributed by atoms with van der Waals surface area (Å²) in [5.41, 5.74) is 0.233. The lowest BCUT2D eigenvalue weighted by Gasteiger charge is -2.25. The molecule has 0 saturated heterocycles. The van der Waals surface area contributed by atoms with Crippen molar-refractivity contribution < 1.29 is 19.1 Å². The summed E-state index contributed by atoms with van der Waals surface area (Å²) in [6, 6.07) is 15.0. The van der Waals surface area contributed by atoms with E-state index in [9.17, 15) is 9.59 Å². The molecule has 3 rings (SSSR count). The summed E-state index contributed by atoms with van der Waals surface area (Å²) in [6.45, 7) is 3.33. The molecule has 2 amide bonds. The van der Waals surface area contributed by atoms with Gasteiger partial charge in [-0.05, 0) is 62.4 Å². The molecule has 2 aromatic carbocycles. The topological polar surface area (TPSA) is 89.5 Å². The zero-order valence-corrected chi connectivity index (χ0v) is 18.1. The van der Waals surface area contributed by atoms with Gasteiger partial charge in [0.2, 0.25) is 0 Å². The standard InChI is InChI=1S/C23H22ClN3O4/c1-23(2,31-18-9-6-16(24)7-10-18)22(29)26-17-8-11-19(20(13-17)30-3)27-21(28)15-5-4-12-25-14-15/h4-14H,1-3H3,(H,26,29)(H,27,28). The van der Waals surface area contributed by atoms with Crippen LogP contribution in [0.25, 0.3) is 0 Å². The molecule has 0 aliphatic heterocycles. The average Bonchev–Trinajstić information content (AvgIpc) is 2.76. The van der Waals surface area contributed by atoms with Crippen LogP contribution in [0.15, 0.2) is 67.0 Å². The van der Waals surface area contributed by atoms with Gasteiger partial charge in [-0.25, -0.2) is 0 Å². The van der Waals surface area contributed by atoms with E-state index >= 15 is 0 Å². The molecular formula is C23H22ClN3O4. The van der Waals surface area contributed by atoms with E-state index in [1.54, 1.807) is 74.6 Å². The van der Waals surface area contributed by atoms with Crippen LogP contribution in [0.5, 0.6) is 11.5 Å². The average molecular weight is 440 g/mol. The van der Waals surface area contributed by atoms with Gasteiger partial charge in [0.1, 0.15) is 11.5 Å². The van der Waals surface area contributed by atoms with Crippen LogP contribution in [0, 0.1) is 0 Å². The van der Waals surface area contributed by atoms with Crippen LogP contribution >= 0.6 is 11.6 Å². The number of ether oxygens (including phenoxy) is 2. The van der Waals surface area contributed by atoms with E-state index in [4.69, 9.17) is 21.1 Å². The Morgan fingerprint density at radius 1 is 1.03 bits per heavy atom. The second-order valence-corrected chi connectivity index (χ2v) is 7.57. The number of carbonyl (C=O) groups excluding carboxylic acids is 2. The van der Waals surface area contributed by atoms with Crippen LogP contribution < -0.4 is 20.1 Å². The van der Waals surface area contributed by atoms with Gasteiger partial charge in [0.15, 0.2) is 5.60 Å². The van der Waals surface area contributed by atoms with Crippen LogP contribution in [0.2, 0.25) is 5.02 Å². The summed E-state index contributed by atoms with van der Waals surface area (Å²) in [5.74, 6) is 0.249. The van der Waals surface area contributed by atoms with Crippen LogP contribution in [0.3, 0.4) is 0 Å². The van der Waals surface area contributed by atoms with E-state index in [0.717, 1.165) is 0 Å². The van der Waals surface area contributed by atoms with E-state index in [1.165, 1.54) is 13.3 Å². The van der Waals surface area contributed by atoms with E-state index in [0.29, 0.717) is 33.5 Å². The van der Waals surface area contributed by atoms with E-state index < -0.39 is 5.60 Å². The van der Waals surface area contributed by atoms with Gasteiger partial charge in [-0.1, -0.05) is 11.6 Å². The highest BCUT2D eigenvalue weighted by atomic mass is 35.5. The lowest BCUT2D eigenvalue weighted by atomic mass is 10.1. The number of rotatable bonds is 7. The highest BCUT2D eigenvalue weighted by molar-refractivity contribution is 6.30. The molecule has 0 atom stereocenters. The number of aromatic nitrogens is 1. The second kappa shape index (κ2) is 9.49. The van der Waals surface area contributed by atoms with Crippen LogP contribution in [0.1, 0.15) is 24.2 Å². The lowest BCUT2D eigenvalue weighted by Crippen LogP contribution is -2.42. The van der Waals surface area contributed by atoms with Crippen molar-refractivity contribution >= 4 is 34.8 Å². The van der Waals surface area contributed by atoms with Crippen LogP contribution in [-0.2, 0) is 4.79 Å². The highest BCUT2D eigenvalue weighted by Crippen LogP contribution is 2.29. The molecule has 160 valence electrons. The van der Waals surface area contributed by atoms with Crippen molar-refractivity contribution in [3.8, 4) is 11.5 Å². The molecule has 7 nitrogen and oxygen atoms in total. The van der Waals surface area contributed by atoms with Crippen LogP contribution in [0.4, 0.5) is 11.4 Å². The fourth-order valence-electron chi connectivity index (χ4n) is 2.69. The van der Waals surface area contributed by atoms with Gasteiger partial charge in [-0.15, -0.1) is 0 Å². The number of hydrogen-bond acceptors (Lipinski definition) is 5. The smallest absolute Gasteiger partial charge is 0.267 e. The molecule has 0 aliphatic rings. The van der Waals surface area contributed by atoms with Crippen LogP contribution in [-0.4, -0.2) is 29.5 Å². The van der Waals surface area contributed by atoms with Crippen molar-refractivity contribution in [2.45, 2.75) is 19.4 Å². The number of anilines is 2. The monoisotopic (exact) mass is 439 g/mol. The van der Waals surface area contributed by atoms with Gasteiger partial charge in [0, 0.05) is 29.2 Å². The molecular weight excluding hydrogens is 418 g/mol. The Labute approximate surface area is 185 Å². The number of amides is 2. The first-order valence-electron chi connectivity index (χ1n) is 9.44. The minimum Gasteiger partial charge on any atom is -0.494 e. The number of carbonyl (C=O) groups is 2. The Bertz CT molecular complexity index is 1070. The second-order valence-electron chi connectivity index (χ2n) is 7.13. The fourth-order valence-corrected chi connectivity index (χ4v) is 2.82. The van der Waals surface area contributed by atoms with Crippen molar-refractivity contribution in [3.05, 3.63) is 77.6 Å². The summed E-state index contributed by atoms with van der Waals surface area (Å²) in [6.07, 6.45) is 3.06. The van der Waals surface area contributed by atoms with E-state index in [-0.39, 0.29) is 11.8 Å². The van der Waals surface area contributed by atoms with Crippen molar-refractivity contribution in [2.75, 3.05) is 17.7 Å². The maximum Gasteiger partial charge on any atom is 0.267 e. The molecule has 0 saturated carbocycles. The van der Waals surface area contributed by atoms with Crippen molar-refractivity contribution in [1.82, 2.24) is 4.98 Å². The third kappa shape index (κ3) is 5.73. The van der Waals surface area contributed by atoms with Gasteiger partial charge >= 0.3 is 0 Å². The van der Waals surface area contributed by atoms with Gasteiger partial charge < -0.3 is 20.1 Å². The first-order chi connectivity index (χ1) is 14.8. The number of nitrogens with one attached hydrogen (secondary N) is 2. The lowest BCUT2D eigenvalue weighted by molar-refractivity contribution is -0.128. The predicted octanol–water partition coefficient (Wildman–Crippen LogP) is 4.79. The first kappa shape index (κ1) is 22.1. The molecule has 1 heterocycles. The zero-order chi connectivity index (χ0) is 22.4. The van der Waals surface area contributed by atoms with Gasteiger partial charge in [0.05, 0.1) is 18.4 Å². The molecule has 8 heteroatoms. The maximum atomic E-state index is 12.8. The molecule has 3 aromatic rings. The summed E-state index contributed by atoms with van der Waals surface area (Å²) in [7, 11) is 1.48. The molecule has 0 spiro atoms. The molecule has 0 aliphatic carbocycles. The van der Waals surface area contributed by atoms with Gasteiger partial charge in [0.25, 0.3) is 11.8 Å². The molecule has 2 N–H and O–H groups in total. The summed E-state index contributed by atoms with van der Waals surface area (Å²) in [4.78, 5) is 29.1. The third-order valence-electron chi connectivity index (χ3n) is 4.36. The zero-order valence-electron chi connectivity index (χ0n) is 17.3. The number of nitrogens with zero attached hydrogens (tertiary/aromatic N) is 1. The largest absolute Gasteiger partial charge is 0.494 e.